The Morgan fingerprint density at radius 3 is 2.25 bits per heavy atom. The maximum Gasteiger partial charge on any atom is 0.416 e. The van der Waals surface area contributed by atoms with E-state index in [-0.39, 0.29) is 22.5 Å². The van der Waals surface area contributed by atoms with Crippen molar-refractivity contribution in [3.05, 3.63) is 88.9 Å². The van der Waals surface area contributed by atoms with Gasteiger partial charge in [0.1, 0.15) is 18.3 Å². The first kappa shape index (κ1) is 33.1. The molecule has 0 unspecified atom stereocenters. The van der Waals surface area contributed by atoms with Crippen LogP contribution in [0.15, 0.2) is 77.7 Å². The zero-order valence-corrected chi connectivity index (χ0v) is 25.8. The zero-order valence-electron chi connectivity index (χ0n) is 24.2. The number of ether oxygens (including phenoxy) is 1. The van der Waals surface area contributed by atoms with Gasteiger partial charge in [0.05, 0.1) is 28.3 Å². The molecule has 2 amide bonds. The quantitative estimate of drug-likeness (QED) is 0.273. The number of nitrogens with one attached hydrogen (secondary N) is 1. The molecule has 1 atom stereocenters. The fourth-order valence-electron chi connectivity index (χ4n) is 5.02. The van der Waals surface area contributed by atoms with Gasteiger partial charge in [0.25, 0.3) is 10.0 Å². The van der Waals surface area contributed by atoms with Crippen molar-refractivity contribution in [3.63, 3.8) is 0 Å². The van der Waals surface area contributed by atoms with Gasteiger partial charge in [0.2, 0.25) is 11.8 Å². The number of methoxy groups -OCH3 is 1. The van der Waals surface area contributed by atoms with Gasteiger partial charge in [-0.3, -0.25) is 13.9 Å². The number of anilines is 1. The van der Waals surface area contributed by atoms with Gasteiger partial charge in [-0.2, -0.15) is 13.2 Å². The number of nitrogens with zero attached hydrogens (tertiary/aromatic N) is 2. The zero-order chi connectivity index (χ0) is 32.1. The number of hydrogen-bond donors (Lipinski definition) is 1. The summed E-state index contributed by atoms with van der Waals surface area (Å²) in [5.74, 6) is -0.672. The smallest absolute Gasteiger partial charge is 0.416 e. The molecule has 0 saturated heterocycles. The van der Waals surface area contributed by atoms with Gasteiger partial charge < -0.3 is 15.0 Å². The van der Waals surface area contributed by atoms with Crippen LogP contribution in [0.25, 0.3) is 0 Å². The summed E-state index contributed by atoms with van der Waals surface area (Å²) in [7, 11) is -3.10. The number of benzene rings is 3. The summed E-state index contributed by atoms with van der Waals surface area (Å²) < 4.78 is 74.6. The van der Waals surface area contributed by atoms with Crippen LogP contribution in [-0.4, -0.2) is 50.9 Å². The lowest BCUT2D eigenvalue weighted by Gasteiger charge is -2.33. The van der Waals surface area contributed by atoms with Crippen molar-refractivity contribution < 1.29 is 35.9 Å². The lowest BCUT2D eigenvalue weighted by atomic mass is 10.1. The molecule has 1 fully saturated rings. The highest BCUT2D eigenvalue weighted by Crippen LogP contribution is 2.37. The molecule has 0 spiro atoms. The van der Waals surface area contributed by atoms with Gasteiger partial charge in [0.15, 0.2) is 0 Å². The van der Waals surface area contributed by atoms with Crippen LogP contribution in [-0.2, 0) is 32.3 Å². The molecule has 1 aliphatic carbocycles. The summed E-state index contributed by atoms with van der Waals surface area (Å²) in [4.78, 5) is 28.3. The molecule has 13 heteroatoms. The van der Waals surface area contributed by atoms with E-state index in [2.05, 4.69) is 5.32 Å². The highest BCUT2D eigenvalue weighted by molar-refractivity contribution is 7.92. The average molecular weight is 652 g/mol. The van der Waals surface area contributed by atoms with E-state index in [9.17, 15) is 31.2 Å². The molecule has 0 aromatic heterocycles. The van der Waals surface area contributed by atoms with Crippen LogP contribution in [0.1, 0.15) is 43.7 Å². The Morgan fingerprint density at radius 1 is 1.02 bits per heavy atom. The highest BCUT2D eigenvalue weighted by atomic mass is 35.5. The number of hydrogen-bond acceptors (Lipinski definition) is 5. The minimum atomic E-state index is -4.81. The molecule has 1 N–H and O–H groups in total. The highest BCUT2D eigenvalue weighted by Gasteiger charge is 2.36. The first-order chi connectivity index (χ1) is 20.8. The van der Waals surface area contributed by atoms with Crippen LogP contribution < -0.4 is 14.4 Å². The average Bonchev–Trinajstić information content (AvgIpc) is 3.51. The van der Waals surface area contributed by atoms with E-state index in [0.29, 0.717) is 21.7 Å². The first-order valence-corrected chi connectivity index (χ1v) is 15.8. The van der Waals surface area contributed by atoms with E-state index >= 15 is 0 Å². The Hall–Kier alpha value is -3.77. The molecular weight excluding hydrogens is 619 g/mol. The van der Waals surface area contributed by atoms with E-state index in [0.717, 1.165) is 37.8 Å². The first-order valence-electron chi connectivity index (χ1n) is 14.0. The molecular formula is C31H33ClF3N3O5S. The van der Waals surface area contributed by atoms with Gasteiger partial charge in [0, 0.05) is 12.6 Å². The summed E-state index contributed by atoms with van der Waals surface area (Å²) in [5.41, 5.74) is -1.04. The lowest BCUT2D eigenvalue weighted by molar-refractivity contribution is -0.139. The molecule has 0 heterocycles. The third kappa shape index (κ3) is 7.84. The Balaban J connectivity index is 1.75. The number of carbonyl (C=O) groups excluding carboxylic acids is 2. The summed E-state index contributed by atoms with van der Waals surface area (Å²) in [6.45, 7) is 0.520. The number of sulfonamides is 1. The van der Waals surface area contributed by atoms with E-state index in [1.807, 2.05) is 0 Å². The SMILES string of the molecule is COc1ccc(CN(C(=O)CN(c2cc(C(F)(F)F)ccc2Cl)S(=O)(=O)c2ccccc2)[C@@H](C)C(=O)NC2CCCC2)cc1. The largest absolute Gasteiger partial charge is 0.497 e. The molecule has 1 saturated carbocycles. The number of alkyl halides is 3. The summed E-state index contributed by atoms with van der Waals surface area (Å²) in [6, 6.07) is 14.9. The monoisotopic (exact) mass is 651 g/mol. The summed E-state index contributed by atoms with van der Waals surface area (Å²) >= 11 is 6.29. The van der Waals surface area contributed by atoms with Crippen LogP contribution in [0.5, 0.6) is 5.75 Å². The molecule has 8 nitrogen and oxygen atoms in total. The Morgan fingerprint density at radius 2 is 1.66 bits per heavy atom. The molecule has 3 aromatic rings. The molecule has 0 radical (unpaired) electrons. The third-order valence-corrected chi connectivity index (χ3v) is 9.63. The van der Waals surface area contributed by atoms with Gasteiger partial charge in [-0.15, -0.1) is 0 Å². The van der Waals surface area contributed by atoms with Crippen molar-refractivity contribution in [2.45, 2.75) is 62.3 Å². The standard InChI is InChI=1S/C31H33ClF3N3O5S/c1-21(30(40)36-24-8-6-7-9-24)37(19-22-12-15-25(43-2)16-13-22)29(39)20-38(44(41,42)26-10-4-3-5-11-26)28-18-23(31(33,34)35)14-17-27(28)32/h3-5,10-18,21,24H,6-9,19-20H2,1-2H3,(H,36,40)/t21-/m0/s1. The Labute approximate surface area is 259 Å². The number of amides is 2. The second kappa shape index (κ2) is 13.9. The molecule has 236 valence electrons. The topological polar surface area (TPSA) is 96.0 Å². The predicted molar refractivity (Wildman–Crippen MR) is 161 cm³/mol. The molecule has 0 bridgehead atoms. The predicted octanol–water partition coefficient (Wildman–Crippen LogP) is 6.04. The second-order valence-electron chi connectivity index (χ2n) is 10.5. The Bertz CT molecular complexity index is 1560. The number of halogens is 4. The van der Waals surface area contributed by atoms with Crippen molar-refractivity contribution >= 4 is 39.1 Å². The molecule has 1 aliphatic rings. The molecule has 44 heavy (non-hydrogen) atoms. The number of carbonyl (C=O) groups is 2. The number of rotatable bonds is 11. The van der Waals surface area contributed by atoms with E-state index < -0.39 is 51.9 Å². The molecule has 4 rings (SSSR count). The van der Waals surface area contributed by atoms with Crippen LogP contribution >= 0.6 is 11.6 Å². The molecule has 3 aromatic carbocycles. The van der Waals surface area contributed by atoms with Crippen LogP contribution in [0.3, 0.4) is 0 Å². The molecule has 0 aliphatic heterocycles. The normalized spacial score (nSPS) is 14.6. The Kier molecular flexibility index (Phi) is 10.5. The van der Waals surface area contributed by atoms with Gasteiger partial charge in [-0.25, -0.2) is 8.42 Å². The van der Waals surface area contributed by atoms with E-state index in [4.69, 9.17) is 16.3 Å². The van der Waals surface area contributed by atoms with Gasteiger partial charge >= 0.3 is 6.18 Å². The second-order valence-corrected chi connectivity index (χ2v) is 12.8. The van der Waals surface area contributed by atoms with Crippen molar-refractivity contribution in [2.75, 3.05) is 18.0 Å². The minimum Gasteiger partial charge on any atom is -0.497 e. The summed E-state index contributed by atoms with van der Waals surface area (Å²) in [5, 5.41) is 2.66. The minimum absolute atomic E-state index is 0.0400. The van der Waals surface area contributed by atoms with Crippen LogP contribution in [0.4, 0.5) is 18.9 Å². The van der Waals surface area contributed by atoms with Crippen molar-refractivity contribution in [1.29, 1.82) is 0 Å². The van der Waals surface area contributed by atoms with Gasteiger partial charge in [-0.1, -0.05) is 54.8 Å². The van der Waals surface area contributed by atoms with Crippen molar-refractivity contribution in [1.82, 2.24) is 10.2 Å². The fourth-order valence-corrected chi connectivity index (χ4v) is 6.73. The van der Waals surface area contributed by atoms with E-state index in [1.165, 1.54) is 43.2 Å². The third-order valence-electron chi connectivity index (χ3n) is 7.53. The van der Waals surface area contributed by atoms with E-state index in [1.54, 1.807) is 30.3 Å². The van der Waals surface area contributed by atoms with Crippen molar-refractivity contribution in [2.24, 2.45) is 0 Å². The maximum atomic E-state index is 14.1. The van der Waals surface area contributed by atoms with Gasteiger partial charge in [-0.05, 0) is 67.8 Å². The van der Waals surface area contributed by atoms with Crippen molar-refractivity contribution in [3.8, 4) is 5.75 Å². The maximum absolute atomic E-state index is 14.1. The van der Waals surface area contributed by atoms with Crippen LogP contribution in [0, 0.1) is 0 Å². The lowest BCUT2D eigenvalue weighted by Crippen LogP contribution is -2.52. The van der Waals surface area contributed by atoms with Crippen LogP contribution in [0.2, 0.25) is 5.02 Å². The summed E-state index contributed by atoms with van der Waals surface area (Å²) in [6.07, 6.45) is -1.25. The fraction of sp³-hybridized carbons (Fsp3) is 0.355.